The van der Waals surface area contributed by atoms with Gasteiger partial charge >= 0.3 is 0 Å². The zero-order chi connectivity index (χ0) is 24.3. The molecule has 8 nitrogen and oxygen atoms in total. The van der Waals surface area contributed by atoms with Crippen LogP contribution in [0, 0.1) is 5.82 Å². The number of ether oxygens (including phenoxy) is 2. The van der Waals surface area contributed by atoms with Crippen molar-refractivity contribution in [2.24, 2.45) is 0 Å². The highest BCUT2D eigenvalue weighted by Crippen LogP contribution is 2.30. The van der Waals surface area contributed by atoms with Gasteiger partial charge in [-0.25, -0.2) is 25.5 Å². The molecule has 0 amide bonds. The number of hydrogen-bond acceptors (Lipinski definition) is 6. The maximum absolute atomic E-state index is 14.9. The third kappa shape index (κ3) is 5.77. The van der Waals surface area contributed by atoms with Crippen LogP contribution in [0.3, 0.4) is 0 Å². The Morgan fingerprint density at radius 3 is 2.44 bits per heavy atom. The summed E-state index contributed by atoms with van der Waals surface area (Å²) in [6, 6.07) is 13.3. The van der Waals surface area contributed by atoms with Gasteiger partial charge < -0.3 is 9.47 Å². The minimum absolute atomic E-state index is 0.0518. The summed E-state index contributed by atoms with van der Waals surface area (Å²) in [5.41, 5.74) is 0.886. The van der Waals surface area contributed by atoms with Gasteiger partial charge in [0.15, 0.2) is 0 Å². The Hall–Kier alpha value is -2.05. The quantitative estimate of drug-likeness (QED) is 0.591. The first-order valence-corrected chi connectivity index (χ1v) is 14.5. The van der Waals surface area contributed by atoms with E-state index in [1.54, 1.807) is 30.3 Å². The molecule has 186 valence electrons. The fourth-order valence-electron chi connectivity index (χ4n) is 4.25. The third-order valence-electron chi connectivity index (χ3n) is 6.19. The number of nitrogens with zero attached hydrogens (tertiary/aromatic N) is 2. The predicted molar refractivity (Wildman–Crippen MR) is 126 cm³/mol. The third-order valence-corrected chi connectivity index (χ3v) is 9.65. The second-order valence-corrected chi connectivity index (χ2v) is 12.7. The van der Waals surface area contributed by atoms with Crippen molar-refractivity contribution < 1.29 is 30.7 Å². The highest BCUT2D eigenvalue weighted by Gasteiger charge is 2.36. The van der Waals surface area contributed by atoms with Gasteiger partial charge in [0.05, 0.1) is 19.5 Å². The zero-order valence-corrected chi connectivity index (χ0v) is 20.6. The Bertz CT molecular complexity index is 1200. The first-order valence-electron chi connectivity index (χ1n) is 11.2. The Labute approximate surface area is 200 Å². The van der Waals surface area contributed by atoms with E-state index in [1.165, 1.54) is 27.0 Å². The summed E-state index contributed by atoms with van der Waals surface area (Å²) in [5.74, 6) is -0.217. The van der Waals surface area contributed by atoms with Crippen LogP contribution in [-0.4, -0.2) is 70.7 Å². The van der Waals surface area contributed by atoms with E-state index in [0.29, 0.717) is 37.2 Å². The molecule has 0 bridgehead atoms. The highest BCUT2D eigenvalue weighted by molar-refractivity contribution is 7.89. The molecule has 2 fully saturated rings. The van der Waals surface area contributed by atoms with E-state index in [0.717, 1.165) is 0 Å². The van der Waals surface area contributed by atoms with Crippen molar-refractivity contribution in [3.8, 4) is 5.75 Å². The summed E-state index contributed by atoms with van der Waals surface area (Å²) in [7, 11) is -6.99. The molecule has 1 atom stereocenters. The van der Waals surface area contributed by atoms with Crippen molar-refractivity contribution in [3.05, 3.63) is 65.5 Å². The minimum Gasteiger partial charge on any atom is -0.490 e. The van der Waals surface area contributed by atoms with Gasteiger partial charge in [-0.15, -0.1) is 0 Å². The minimum atomic E-state index is -3.76. The van der Waals surface area contributed by atoms with E-state index in [1.807, 2.05) is 6.07 Å². The zero-order valence-electron chi connectivity index (χ0n) is 19.0. The molecule has 4 rings (SSSR count). The molecule has 0 N–H and O–H groups in total. The van der Waals surface area contributed by atoms with Crippen molar-refractivity contribution in [2.75, 3.05) is 39.1 Å². The summed E-state index contributed by atoms with van der Waals surface area (Å²) in [6.07, 6.45) is 2.01. The number of piperidine rings is 1. The van der Waals surface area contributed by atoms with Crippen molar-refractivity contribution in [1.82, 2.24) is 8.61 Å². The molecule has 2 aliphatic rings. The smallest absolute Gasteiger partial charge is 0.223 e. The van der Waals surface area contributed by atoms with E-state index >= 15 is 0 Å². The maximum atomic E-state index is 14.9. The van der Waals surface area contributed by atoms with E-state index in [2.05, 4.69) is 0 Å². The number of benzene rings is 2. The lowest BCUT2D eigenvalue weighted by molar-refractivity contribution is 0.133. The van der Waals surface area contributed by atoms with Gasteiger partial charge in [-0.1, -0.05) is 36.4 Å². The number of rotatable bonds is 6. The van der Waals surface area contributed by atoms with Crippen molar-refractivity contribution in [2.45, 2.75) is 30.7 Å². The van der Waals surface area contributed by atoms with Crippen molar-refractivity contribution in [3.63, 3.8) is 0 Å². The maximum Gasteiger partial charge on any atom is 0.223 e. The Balaban J connectivity index is 1.44. The first-order chi connectivity index (χ1) is 16.1. The number of hydrogen-bond donors (Lipinski definition) is 0. The summed E-state index contributed by atoms with van der Waals surface area (Å²) in [5, 5.41) is -0.848. The summed E-state index contributed by atoms with van der Waals surface area (Å²) in [6.45, 7) is 1.05. The topological polar surface area (TPSA) is 93.2 Å². The first kappa shape index (κ1) is 25.1. The van der Waals surface area contributed by atoms with Crippen LogP contribution in [0.5, 0.6) is 5.75 Å². The largest absolute Gasteiger partial charge is 0.490 e. The second kappa shape index (κ2) is 10.3. The molecule has 0 spiro atoms. The Kier molecular flexibility index (Phi) is 7.58. The lowest BCUT2D eigenvalue weighted by atomic mass is 10.1. The van der Waals surface area contributed by atoms with Crippen LogP contribution in [0.1, 0.15) is 29.2 Å². The van der Waals surface area contributed by atoms with Crippen molar-refractivity contribution in [1.29, 1.82) is 0 Å². The van der Waals surface area contributed by atoms with E-state index in [-0.39, 0.29) is 38.0 Å². The summed E-state index contributed by atoms with van der Waals surface area (Å²) < 4.78 is 79.0. The molecule has 1 unspecified atom stereocenters. The van der Waals surface area contributed by atoms with Gasteiger partial charge in [0.1, 0.15) is 22.9 Å². The summed E-state index contributed by atoms with van der Waals surface area (Å²) >= 11 is 0. The molecule has 0 saturated carbocycles. The highest BCUT2D eigenvalue weighted by atomic mass is 32.2. The number of halogens is 1. The lowest BCUT2D eigenvalue weighted by Crippen LogP contribution is -2.41. The van der Waals surface area contributed by atoms with Gasteiger partial charge in [0.2, 0.25) is 20.0 Å². The van der Waals surface area contributed by atoms with E-state index in [4.69, 9.17) is 9.47 Å². The van der Waals surface area contributed by atoms with Gasteiger partial charge in [0.25, 0.3) is 0 Å². The van der Waals surface area contributed by atoms with E-state index in [9.17, 15) is 21.2 Å². The molecule has 2 saturated heterocycles. The normalized spacial score (nSPS) is 22.8. The monoisotopic (exact) mass is 512 g/mol. The number of sulfonamides is 2. The van der Waals surface area contributed by atoms with Gasteiger partial charge in [-0.3, -0.25) is 0 Å². The average molecular weight is 513 g/mol. The molecular formula is C23H29FN2O6S2. The van der Waals surface area contributed by atoms with Crippen LogP contribution < -0.4 is 4.74 Å². The van der Waals surface area contributed by atoms with Gasteiger partial charge in [0, 0.05) is 37.8 Å². The van der Waals surface area contributed by atoms with Crippen LogP contribution in [0.25, 0.3) is 0 Å². The fraction of sp³-hybridized carbons (Fsp3) is 0.478. The van der Waals surface area contributed by atoms with Crippen LogP contribution in [0.15, 0.2) is 48.5 Å². The molecule has 2 aromatic rings. The SMILES string of the molecule is CS(=O)(=O)N1CCC(Oc2ccc(CN3CCOCC(c4ccccc4)S3(=O)=O)c(F)c2)CC1. The van der Waals surface area contributed by atoms with Gasteiger partial charge in [-0.2, -0.15) is 4.31 Å². The van der Waals surface area contributed by atoms with Crippen LogP contribution in [0.2, 0.25) is 0 Å². The fourth-order valence-corrected chi connectivity index (χ4v) is 6.90. The van der Waals surface area contributed by atoms with Crippen LogP contribution >= 0.6 is 0 Å². The molecule has 0 radical (unpaired) electrons. The van der Waals surface area contributed by atoms with Crippen LogP contribution in [-0.2, 0) is 31.3 Å². The average Bonchev–Trinajstić information content (AvgIpc) is 2.94. The van der Waals surface area contributed by atoms with E-state index < -0.39 is 31.1 Å². The van der Waals surface area contributed by atoms with Gasteiger partial charge in [-0.05, 0) is 24.5 Å². The molecule has 2 aromatic carbocycles. The predicted octanol–water partition coefficient (Wildman–Crippen LogP) is 2.53. The molecular weight excluding hydrogens is 483 g/mol. The molecule has 0 aromatic heterocycles. The lowest BCUT2D eigenvalue weighted by Gasteiger charge is -2.30. The molecule has 11 heteroatoms. The molecule has 2 heterocycles. The summed E-state index contributed by atoms with van der Waals surface area (Å²) in [4.78, 5) is 0. The standard InChI is InChI=1S/C23H29FN2O6S2/c1-33(27,28)25-11-9-20(10-12-25)32-21-8-7-19(22(24)15-21)16-26-13-14-31-17-23(34(26,29)30)18-5-3-2-4-6-18/h2-8,15,20,23H,9-14,16-17H2,1H3. The molecule has 0 aliphatic carbocycles. The van der Waals surface area contributed by atoms with Crippen LogP contribution in [0.4, 0.5) is 4.39 Å². The Morgan fingerprint density at radius 2 is 1.79 bits per heavy atom. The second-order valence-electron chi connectivity index (χ2n) is 8.59. The Morgan fingerprint density at radius 1 is 1.09 bits per heavy atom. The molecule has 34 heavy (non-hydrogen) atoms. The van der Waals surface area contributed by atoms with Crippen molar-refractivity contribution >= 4 is 20.0 Å². The molecule has 2 aliphatic heterocycles.